The van der Waals surface area contributed by atoms with Crippen molar-refractivity contribution < 1.29 is 0 Å². The first kappa shape index (κ1) is 23.4. The predicted molar refractivity (Wildman–Crippen MR) is 115 cm³/mol. The number of nitrogens with zero attached hydrogens (tertiary/aromatic N) is 4. The van der Waals surface area contributed by atoms with Crippen LogP contribution >= 0.6 is 24.8 Å². The number of benzene rings is 1. The summed E-state index contributed by atoms with van der Waals surface area (Å²) in [5.74, 6) is 0. The molecule has 1 saturated heterocycles. The van der Waals surface area contributed by atoms with E-state index in [1.807, 2.05) is 36.4 Å². The molecule has 0 radical (unpaired) electrons. The van der Waals surface area contributed by atoms with Gasteiger partial charge in [-0.1, -0.05) is 36.4 Å². The summed E-state index contributed by atoms with van der Waals surface area (Å²) >= 11 is 0. The average molecular weight is 407 g/mol. The summed E-state index contributed by atoms with van der Waals surface area (Å²) in [5.41, 5.74) is 1.15. The number of likely N-dealkylation sites (N-methyl/N-ethyl adjacent to an activating group) is 1. The van der Waals surface area contributed by atoms with Gasteiger partial charge < -0.3 is 4.90 Å². The van der Waals surface area contributed by atoms with E-state index in [1.54, 1.807) is 6.20 Å². The molecule has 0 aliphatic carbocycles. The molecule has 0 N–H and O–H groups in total. The second-order valence-corrected chi connectivity index (χ2v) is 6.99. The average Bonchev–Trinajstić information content (AvgIpc) is 2.68. The number of pyridine rings is 1. The Morgan fingerprint density at radius 1 is 1.04 bits per heavy atom. The smallest absolute Gasteiger partial charge is 0.126 e. The van der Waals surface area contributed by atoms with Crippen molar-refractivity contribution in [3.05, 3.63) is 66.0 Å². The second kappa shape index (κ2) is 10.6. The summed E-state index contributed by atoms with van der Waals surface area (Å²) in [6.07, 6.45) is 2.53. The van der Waals surface area contributed by atoms with Crippen LogP contribution in [0.3, 0.4) is 0 Å². The Hall–Kier alpha value is -1.64. The van der Waals surface area contributed by atoms with Gasteiger partial charge in [-0.3, -0.25) is 9.88 Å². The molecule has 0 saturated carbocycles. The van der Waals surface area contributed by atoms with Crippen LogP contribution in [-0.2, 0) is 5.41 Å². The van der Waals surface area contributed by atoms with Crippen LogP contribution in [-0.4, -0.2) is 54.1 Å². The molecule has 1 aromatic carbocycles. The molecule has 1 aliphatic rings. The Morgan fingerprint density at radius 2 is 1.67 bits per heavy atom. The van der Waals surface area contributed by atoms with Crippen molar-refractivity contribution in [2.75, 3.05) is 33.2 Å². The van der Waals surface area contributed by atoms with Crippen LogP contribution in [0.1, 0.15) is 24.6 Å². The van der Waals surface area contributed by atoms with E-state index in [9.17, 15) is 5.26 Å². The van der Waals surface area contributed by atoms with Gasteiger partial charge in [0, 0.05) is 38.4 Å². The Morgan fingerprint density at radius 3 is 2.22 bits per heavy atom. The SMILES string of the molecule is CC(CC(C#N)(c1ccccc1)c1ccccn1)N1CCN(C)CC1.Cl.Cl. The summed E-state index contributed by atoms with van der Waals surface area (Å²) in [6, 6.07) is 18.9. The van der Waals surface area contributed by atoms with E-state index < -0.39 is 5.41 Å². The molecule has 0 spiro atoms. The van der Waals surface area contributed by atoms with E-state index in [1.165, 1.54) is 0 Å². The maximum Gasteiger partial charge on any atom is 0.126 e. The third kappa shape index (κ3) is 5.21. The molecule has 2 heterocycles. The van der Waals surface area contributed by atoms with E-state index in [0.29, 0.717) is 6.04 Å². The lowest BCUT2D eigenvalue weighted by molar-refractivity contribution is 0.108. The van der Waals surface area contributed by atoms with Gasteiger partial charge in [0.25, 0.3) is 0 Å². The molecule has 27 heavy (non-hydrogen) atoms. The van der Waals surface area contributed by atoms with Gasteiger partial charge in [-0.15, -0.1) is 24.8 Å². The quantitative estimate of drug-likeness (QED) is 0.757. The number of rotatable bonds is 5. The van der Waals surface area contributed by atoms with Crippen molar-refractivity contribution in [3.63, 3.8) is 0 Å². The topological polar surface area (TPSA) is 43.2 Å². The largest absolute Gasteiger partial charge is 0.304 e. The minimum absolute atomic E-state index is 0. The number of nitriles is 1. The lowest BCUT2D eigenvalue weighted by Crippen LogP contribution is -2.50. The van der Waals surface area contributed by atoms with Crippen molar-refractivity contribution >= 4 is 24.8 Å². The normalized spacial score (nSPS) is 18.3. The molecule has 6 heteroatoms. The van der Waals surface area contributed by atoms with Crippen molar-refractivity contribution in [1.82, 2.24) is 14.8 Å². The molecule has 0 bridgehead atoms. The molecule has 1 aliphatic heterocycles. The molecule has 2 aromatic rings. The molecule has 2 unspecified atom stereocenters. The lowest BCUT2D eigenvalue weighted by atomic mass is 9.73. The van der Waals surface area contributed by atoms with Crippen LogP contribution in [0, 0.1) is 11.3 Å². The first-order chi connectivity index (χ1) is 12.2. The van der Waals surface area contributed by atoms with Gasteiger partial charge >= 0.3 is 0 Å². The van der Waals surface area contributed by atoms with Crippen molar-refractivity contribution in [3.8, 4) is 6.07 Å². The fourth-order valence-corrected chi connectivity index (χ4v) is 3.71. The van der Waals surface area contributed by atoms with Gasteiger partial charge in [0.2, 0.25) is 0 Å². The first-order valence-corrected chi connectivity index (χ1v) is 8.96. The maximum atomic E-state index is 10.3. The molecule has 4 nitrogen and oxygen atoms in total. The van der Waals surface area contributed by atoms with Crippen molar-refractivity contribution in [2.45, 2.75) is 24.8 Å². The minimum Gasteiger partial charge on any atom is -0.304 e. The third-order valence-corrected chi connectivity index (χ3v) is 5.32. The first-order valence-electron chi connectivity index (χ1n) is 8.96. The molecule has 1 fully saturated rings. The highest BCUT2D eigenvalue weighted by Crippen LogP contribution is 2.36. The monoisotopic (exact) mass is 406 g/mol. The zero-order chi connectivity index (χ0) is 17.7. The molecule has 146 valence electrons. The van der Waals surface area contributed by atoms with Gasteiger partial charge in [0.1, 0.15) is 5.41 Å². The van der Waals surface area contributed by atoms with Gasteiger partial charge in [0.05, 0.1) is 11.8 Å². The molecule has 0 amide bonds. The Kier molecular flexibility index (Phi) is 9.21. The molecular weight excluding hydrogens is 379 g/mol. The van der Waals surface area contributed by atoms with E-state index in [4.69, 9.17) is 0 Å². The van der Waals surface area contributed by atoms with Crippen LogP contribution < -0.4 is 0 Å². The van der Waals surface area contributed by atoms with Crippen LogP contribution in [0.15, 0.2) is 54.7 Å². The van der Waals surface area contributed by atoms with E-state index >= 15 is 0 Å². The van der Waals surface area contributed by atoms with Gasteiger partial charge in [0.15, 0.2) is 0 Å². The Bertz CT molecular complexity index is 670. The third-order valence-electron chi connectivity index (χ3n) is 5.32. The number of aromatic nitrogens is 1. The highest BCUT2D eigenvalue weighted by molar-refractivity contribution is 5.85. The predicted octanol–water partition coefficient (Wildman–Crippen LogP) is 3.76. The van der Waals surface area contributed by atoms with Crippen LogP contribution in [0.2, 0.25) is 0 Å². The molecule has 1 aromatic heterocycles. The molecular formula is C21H28Cl2N4. The summed E-state index contributed by atoms with van der Waals surface area (Å²) in [6.45, 7) is 6.51. The van der Waals surface area contributed by atoms with E-state index in [-0.39, 0.29) is 24.8 Å². The fourth-order valence-electron chi connectivity index (χ4n) is 3.71. The Labute approximate surface area is 175 Å². The highest BCUT2D eigenvalue weighted by Gasteiger charge is 2.39. The highest BCUT2D eigenvalue weighted by atomic mass is 35.5. The fraction of sp³-hybridized carbons (Fsp3) is 0.429. The number of halogens is 2. The van der Waals surface area contributed by atoms with Crippen LogP contribution in [0.5, 0.6) is 0 Å². The zero-order valence-electron chi connectivity index (χ0n) is 15.9. The van der Waals surface area contributed by atoms with E-state index in [2.05, 4.69) is 47.0 Å². The summed E-state index contributed by atoms with van der Waals surface area (Å²) in [7, 11) is 2.17. The van der Waals surface area contributed by atoms with Gasteiger partial charge in [-0.05, 0) is 38.1 Å². The minimum atomic E-state index is -0.717. The summed E-state index contributed by atoms with van der Waals surface area (Å²) in [4.78, 5) is 9.42. The summed E-state index contributed by atoms with van der Waals surface area (Å²) < 4.78 is 0. The number of hydrogen-bond donors (Lipinski definition) is 0. The van der Waals surface area contributed by atoms with Crippen LogP contribution in [0.4, 0.5) is 0 Å². The summed E-state index contributed by atoms with van der Waals surface area (Å²) in [5, 5.41) is 10.3. The maximum absolute atomic E-state index is 10.3. The Balaban J connectivity index is 0.00000182. The van der Waals surface area contributed by atoms with Crippen molar-refractivity contribution in [2.24, 2.45) is 0 Å². The van der Waals surface area contributed by atoms with Crippen molar-refractivity contribution in [1.29, 1.82) is 5.26 Å². The molecule has 3 rings (SSSR count). The zero-order valence-corrected chi connectivity index (χ0v) is 17.5. The molecule has 2 atom stereocenters. The van der Waals surface area contributed by atoms with Gasteiger partial charge in [-0.25, -0.2) is 0 Å². The lowest BCUT2D eigenvalue weighted by Gasteiger charge is -2.39. The standard InChI is InChI=1S/C21H26N4.2ClH/c1-18(25-14-12-24(2)13-15-25)16-21(17-22,19-8-4-3-5-9-19)20-10-6-7-11-23-20;;/h3-11,18H,12-16H2,1-2H3;2*1H. The van der Waals surface area contributed by atoms with Crippen LogP contribution in [0.25, 0.3) is 0 Å². The second-order valence-electron chi connectivity index (χ2n) is 6.99. The van der Waals surface area contributed by atoms with Gasteiger partial charge in [-0.2, -0.15) is 5.26 Å². The number of hydrogen-bond acceptors (Lipinski definition) is 4. The van der Waals surface area contributed by atoms with E-state index in [0.717, 1.165) is 43.9 Å². The number of piperazine rings is 1.